The Morgan fingerprint density at radius 3 is 2.09 bits per heavy atom. The normalized spacial score (nSPS) is 16.9. The van der Waals surface area contributed by atoms with Crippen molar-refractivity contribution in [1.29, 1.82) is 0 Å². The molecule has 1 aliphatic carbocycles. The van der Waals surface area contributed by atoms with Crippen molar-refractivity contribution in [3.05, 3.63) is 181 Å². The number of carbonyl (C=O) groups excluding carboxylic acids is 2. The zero-order valence-electron chi connectivity index (χ0n) is 50.4. The van der Waals surface area contributed by atoms with Gasteiger partial charge >= 0.3 is 0 Å². The molecular formula is C61H62N10O18S4-4. The summed E-state index contributed by atoms with van der Waals surface area (Å²) in [5, 5.41) is 19.1. The van der Waals surface area contributed by atoms with Gasteiger partial charge in [0, 0.05) is 64.5 Å². The highest BCUT2D eigenvalue weighted by molar-refractivity contribution is 7.86. The number of H-pyrrole nitrogens is 1. The van der Waals surface area contributed by atoms with Gasteiger partial charge in [-0.25, -0.2) is 48.6 Å². The molecule has 93 heavy (non-hydrogen) atoms. The van der Waals surface area contributed by atoms with Gasteiger partial charge in [0.15, 0.2) is 16.9 Å². The van der Waals surface area contributed by atoms with Crippen LogP contribution in [0.3, 0.4) is 0 Å². The highest BCUT2D eigenvalue weighted by Gasteiger charge is 2.45. The summed E-state index contributed by atoms with van der Waals surface area (Å²) in [5.74, 6) is -3.16. The molecule has 2 aromatic heterocycles. The van der Waals surface area contributed by atoms with E-state index >= 15 is 0 Å². The van der Waals surface area contributed by atoms with Crippen molar-refractivity contribution in [2.75, 3.05) is 40.2 Å². The average molecular weight is 1350 g/mol. The average Bonchev–Trinajstić information content (AvgIpc) is 1.60. The largest absolute Gasteiger partial charge is 0.748 e. The number of nitrogens with zero attached hydrogens (tertiary/aromatic N) is 7. The van der Waals surface area contributed by atoms with E-state index in [0.29, 0.717) is 75.6 Å². The number of hydrogen-bond acceptors (Lipinski definition) is 24. The second-order valence-electron chi connectivity index (χ2n) is 23.4. The van der Waals surface area contributed by atoms with Gasteiger partial charge in [0.2, 0.25) is 11.6 Å². The molecule has 6 aromatic rings. The molecule has 3 aliphatic rings. The number of anilines is 3. The molecule has 4 heterocycles. The van der Waals surface area contributed by atoms with Gasteiger partial charge in [0.1, 0.15) is 38.3 Å². The number of allylic oxidation sites excluding steroid dienone is 7. The van der Waals surface area contributed by atoms with E-state index in [2.05, 4.69) is 30.5 Å². The number of ether oxygens (including phenoxy) is 1. The highest BCUT2D eigenvalue weighted by atomic mass is 32.2. The van der Waals surface area contributed by atoms with E-state index in [4.69, 9.17) is 10.5 Å². The number of nitrogens with two attached hydrogens (primary N) is 1. The first-order valence-corrected chi connectivity index (χ1v) is 34.9. The van der Waals surface area contributed by atoms with E-state index in [1.165, 1.54) is 66.9 Å². The molecule has 2 aliphatic heterocycles. The maximum atomic E-state index is 13.5. The monoisotopic (exact) mass is 1350 g/mol. The molecule has 9 rings (SSSR count). The minimum Gasteiger partial charge on any atom is -0.748 e. The predicted octanol–water partition coefficient (Wildman–Crippen LogP) is 4.59. The van der Waals surface area contributed by atoms with Gasteiger partial charge in [0.05, 0.1) is 76.9 Å². The van der Waals surface area contributed by atoms with Gasteiger partial charge in [-0.15, -0.1) is 4.91 Å². The number of aromatic nitrogens is 4. The second kappa shape index (κ2) is 27.0. The fourth-order valence-electron chi connectivity index (χ4n) is 11.5. The van der Waals surface area contributed by atoms with E-state index < -0.39 is 96.1 Å². The first-order chi connectivity index (χ1) is 43.6. The van der Waals surface area contributed by atoms with Gasteiger partial charge in [0.25, 0.3) is 11.5 Å². The van der Waals surface area contributed by atoms with Crippen molar-refractivity contribution in [2.24, 2.45) is 5.29 Å². The number of hydrogen-bond donors (Lipinski definition) is 3. The summed E-state index contributed by atoms with van der Waals surface area (Å²) < 4.78 is 152. The molecule has 0 spiro atoms. The number of benzene rings is 4. The van der Waals surface area contributed by atoms with Gasteiger partial charge in [-0.2, -0.15) is 9.56 Å². The van der Waals surface area contributed by atoms with Crippen LogP contribution in [0.15, 0.2) is 158 Å². The highest BCUT2D eigenvalue weighted by Crippen LogP contribution is 2.49. The minimum absolute atomic E-state index is 0.0147. The van der Waals surface area contributed by atoms with Crippen LogP contribution in [-0.2, 0) is 69.1 Å². The third-order valence-corrected chi connectivity index (χ3v) is 19.5. The Morgan fingerprint density at radius 1 is 0.806 bits per heavy atom. The molecule has 1 atom stereocenters. The van der Waals surface area contributed by atoms with Crippen LogP contribution in [0.1, 0.15) is 105 Å². The molecule has 4 N–H and O–H groups in total. The number of rotatable bonds is 26. The molecule has 0 bridgehead atoms. The molecule has 0 fully saturated rings. The molecule has 1 amide bonds. The Labute approximate surface area is 535 Å². The number of aromatic amines is 1. The Hall–Kier alpha value is -8.89. The van der Waals surface area contributed by atoms with E-state index in [9.17, 15) is 76.3 Å². The maximum absolute atomic E-state index is 13.5. The number of carboxylic acids is 1. The Kier molecular flexibility index (Phi) is 19.9. The number of aliphatic carboxylic acids is 1. The van der Waals surface area contributed by atoms with Crippen LogP contribution in [0.25, 0.3) is 11.2 Å². The van der Waals surface area contributed by atoms with Gasteiger partial charge in [-0.3, -0.25) is 14.6 Å². The van der Waals surface area contributed by atoms with Gasteiger partial charge < -0.3 is 48.8 Å². The summed E-state index contributed by atoms with van der Waals surface area (Å²) in [4.78, 5) is 66.0. The van der Waals surface area contributed by atoms with Crippen LogP contribution in [-0.4, -0.2) is 125 Å². The van der Waals surface area contributed by atoms with E-state index in [-0.39, 0.29) is 91.5 Å². The lowest BCUT2D eigenvalue weighted by Gasteiger charge is -2.28. The van der Waals surface area contributed by atoms with Crippen LogP contribution < -0.4 is 36.4 Å². The number of nitrogens with one attached hydrogen (secondary N) is 2. The van der Waals surface area contributed by atoms with Crippen molar-refractivity contribution < 1.29 is 75.9 Å². The summed E-state index contributed by atoms with van der Waals surface area (Å²) in [5.41, 5.74) is 8.29. The zero-order valence-corrected chi connectivity index (χ0v) is 53.7. The summed E-state index contributed by atoms with van der Waals surface area (Å²) in [6, 6.07) is 18.2. The number of carboxylic acid groups (broad SMARTS) is 1. The standard InChI is InChI=1S/C61H66N10O18S4/c1-60(2)46-33-44(92(83,84)85)22-24-49(46)69(28-5-7-30-90(77,78)79)51(60)26-16-38-10-9-11-39(17-27-52-61(3,4)47-34-45(93(86,87)88)23-25-50(47)70(52)29-6-8-31-91(80,81)82)54(38)89-43-20-12-37(13-21-43)32-48(58(74)75)65-56(72)40-14-18-42(19-15-40)71(68-76)36-41-35-63-55-53(64-41)57(73)67-59(62)66-55/h12-27,33-35,48H,5-11,28-32,36H2,1-4H3,(H8-,62,63,65,66,67,72,73,74,75,77,78,79,80,81,82,83,84,85,86,87,88)/p-4/t48-/m0/s1. The molecular weight excluding hydrogens is 1290 g/mol. The maximum Gasteiger partial charge on any atom is 0.280 e. The quantitative estimate of drug-likeness (QED) is 0.0220. The Morgan fingerprint density at radius 2 is 1.45 bits per heavy atom. The lowest BCUT2D eigenvalue weighted by atomic mass is 9.81. The first-order valence-electron chi connectivity index (χ1n) is 29.0. The topological polar surface area (TPSA) is 444 Å². The third kappa shape index (κ3) is 16.1. The summed E-state index contributed by atoms with van der Waals surface area (Å²) in [6.45, 7) is 7.44. The number of amides is 1. The predicted molar refractivity (Wildman–Crippen MR) is 334 cm³/mol. The fourth-order valence-corrected chi connectivity index (χ4v) is 13.7. The Balaban J connectivity index is 1.03. The SMILES string of the molecule is CC1(C)C(/C=C/C2=C(Oc3ccc(C[C@H](NC(=O)c4ccc(N(Cc5cnc6nc(N)[nH]c(=O)c6n5)N=O)cc4)C(=O)[O-])cc3)C(=C/C=C3/N(CCCCS(=O)(=O)[O-])c4ccc(S(=O)(=O)[O-])cc4C3(C)C)/CCC2)=[N+](CCCCS(=O)(=O)[O-])c2ccc(S(=O)(=O)[O-])cc21. The summed E-state index contributed by atoms with van der Waals surface area (Å²) >= 11 is 0. The van der Waals surface area contributed by atoms with Crippen LogP contribution in [0, 0.1) is 4.91 Å². The van der Waals surface area contributed by atoms with E-state index in [1.807, 2.05) is 61.5 Å². The lowest BCUT2D eigenvalue weighted by molar-refractivity contribution is -0.438. The number of fused-ring (bicyclic) bond motifs is 3. The fraction of sp³-hybridized carbons (Fsp3) is 0.328. The molecule has 0 saturated carbocycles. The van der Waals surface area contributed by atoms with Crippen LogP contribution in [0.5, 0.6) is 5.75 Å². The second-order valence-corrected chi connectivity index (χ2v) is 29.2. The van der Waals surface area contributed by atoms with Crippen LogP contribution in [0.2, 0.25) is 0 Å². The Bertz CT molecular complexity index is 4680. The summed E-state index contributed by atoms with van der Waals surface area (Å²) in [6.07, 6.45) is 10.2. The molecule has 32 heteroatoms. The zero-order chi connectivity index (χ0) is 67.6. The molecule has 0 saturated heterocycles. The number of nitroso groups, excluding NO2 is 1. The molecule has 28 nitrogen and oxygen atoms in total. The molecule has 0 radical (unpaired) electrons. The molecule has 0 unspecified atom stereocenters. The van der Waals surface area contributed by atoms with Crippen molar-refractivity contribution in [1.82, 2.24) is 25.3 Å². The minimum atomic E-state index is -4.90. The van der Waals surface area contributed by atoms with Gasteiger partial charge in [-0.05, 0) is 160 Å². The lowest BCUT2D eigenvalue weighted by Crippen LogP contribution is -2.49. The van der Waals surface area contributed by atoms with Crippen molar-refractivity contribution in [3.8, 4) is 5.75 Å². The third-order valence-electron chi connectivity index (χ3n) is 16.2. The smallest absolute Gasteiger partial charge is 0.280 e. The number of carbonyl (C=O) groups is 2. The van der Waals surface area contributed by atoms with E-state index in [1.54, 1.807) is 24.3 Å². The van der Waals surface area contributed by atoms with Crippen LogP contribution >= 0.6 is 0 Å². The molecule has 4 aromatic carbocycles. The number of unbranched alkanes of at least 4 members (excludes halogenated alkanes) is 2. The molecule has 492 valence electrons. The van der Waals surface area contributed by atoms with Crippen LogP contribution in [0.4, 0.5) is 23.0 Å². The summed E-state index contributed by atoms with van der Waals surface area (Å²) in [7, 11) is -18.9. The van der Waals surface area contributed by atoms with Crippen molar-refractivity contribution >= 4 is 92.2 Å². The number of nitrogen functional groups attached to an aromatic ring is 1. The van der Waals surface area contributed by atoms with Crippen molar-refractivity contribution in [3.63, 3.8) is 0 Å². The first kappa shape index (κ1) is 68.5. The van der Waals surface area contributed by atoms with E-state index in [0.717, 1.165) is 5.01 Å². The van der Waals surface area contributed by atoms with Crippen molar-refractivity contribution in [2.45, 2.75) is 112 Å². The van der Waals surface area contributed by atoms with Gasteiger partial charge in [-0.1, -0.05) is 32.1 Å².